The van der Waals surface area contributed by atoms with Gasteiger partial charge in [-0.15, -0.1) is 0 Å². The smallest absolute Gasteiger partial charge is 0.417 e. The Balaban J connectivity index is 3.47. The molecule has 3 nitrogen and oxygen atoms in total. The summed E-state index contributed by atoms with van der Waals surface area (Å²) in [5.74, 6) is -1.28. The summed E-state index contributed by atoms with van der Waals surface area (Å²) >= 11 is 0. The molecule has 6 heteroatoms. The molecule has 1 aromatic carbocycles. The van der Waals surface area contributed by atoms with E-state index in [-0.39, 0.29) is 11.1 Å². The van der Waals surface area contributed by atoms with E-state index in [9.17, 15) is 18.0 Å². The minimum absolute atomic E-state index is 0.118. The minimum Gasteiger partial charge on any atom is -0.481 e. The van der Waals surface area contributed by atoms with Crippen LogP contribution in [-0.4, -0.2) is 11.1 Å². The summed E-state index contributed by atoms with van der Waals surface area (Å²) < 4.78 is 37.9. The Labute approximate surface area is 95.1 Å². The van der Waals surface area contributed by atoms with E-state index in [0.29, 0.717) is 0 Å². The fourth-order valence-corrected chi connectivity index (χ4v) is 1.52. The zero-order valence-corrected chi connectivity index (χ0v) is 8.80. The maximum absolute atomic E-state index is 12.6. The van der Waals surface area contributed by atoms with Crippen LogP contribution >= 0.6 is 0 Å². The second kappa shape index (κ2) is 4.45. The highest BCUT2D eigenvalue weighted by atomic mass is 19.4. The largest absolute Gasteiger partial charge is 0.481 e. The van der Waals surface area contributed by atoms with Crippen molar-refractivity contribution in [2.45, 2.75) is 19.5 Å². The van der Waals surface area contributed by atoms with E-state index in [4.69, 9.17) is 10.4 Å². The Morgan fingerprint density at radius 3 is 2.47 bits per heavy atom. The molecule has 0 aliphatic rings. The van der Waals surface area contributed by atoms with Crippen molar-refractivity contribution in [3.05, 3.63) is 34.4 Å². The lowest BCUT2D eigenvalue weighted by Gasteiger charge is -2.12. The van der Waals surface area contributed by atoms with Gasteiger partial charge in [0.05, 0.1) is 17.5 Å². The van der Waals surface area contributed by atoms with Gasteiger partial charge in [0, 0.05) is 0 Å². The summed E-state index contributed by atoms with van der Waals surface area (Å²) in [5.41, 5.74) is -1.55. The molecular weight excluding hydrogens is 235 g/mol. The molecule has 0 spiro atoms. The van der Waals surface area contributed by atoms with Crippen LogP contribution in [0.2, 0.25) is 0 Å². The third kappa shape index (κ3) is 2.97. The lowest BCUT2D eigenvalue weighted by molar-refractivity contribution is -0.139. The van der Waals surface area contributed by atoms with Crippen molar-refractivity contribution in [2.75, 3.05) is 0 Å². The van der Waals surface area contributed by atoms with E-state index in [2.05, 4.69) is 0 Å². The Morgan fingerprint density at radius 1 is 1.47 bits per heavy atom. The normalized spacial score (nSPS) is 11.0. The van der Waals surface area contributed by atoms with Crippen molar-refractivity contribution in [2.24, 2.45) is 0 Å². The van der Waals surface area contributed by atoms with Gasteiger partial charge in [-0.25, -0.2) is 0 Å². The van der Waals surface area contributed by atoms with E-state index >= 15 is 0 Å². The highest BCUT2D eigenvalue weighted by molar-refractivity contribution is 5.72. The van der Waals surface area contributed by atoms with Gasteiger partial charge in [0.2, 0.25) is 0 Å². The summed E-state index contributed by atoms with van der Waals surface area (Å²) in [5, 5.41) is 17.3. The first-order valence-electron chi connectivity index (χ1n) is 4.58. The molecule has 0 unspecified atom stereocenters. The number of hydrogen-bond donors (Lipinski definition) is 1. The van der Waals surface area contributed by atoms with Crippen LogP contribution in [0.5, 0.6) is 0 Å². The van der Waals surface area contributed by atoms with E-state index in [1.165, 1.54) is 19.1 Å². The maximum Gasteiger partial charge on any atom is 0.417 e. The molecule has 1 N–H and O–H groups in total. The number of carboxylic acid groups (broad SMARTS) is 1. The molecule has 0 atom stereocenters. The van der Waals surface area contributed by atoms with Crippen LogP contribution < -0.4 is 0 Å². The highest BCUT2D eigenvalue weighted by Gasteiger charge is 2.35. The fourth-order valence-electron chi connectivity index (χ4n) is 1.52. The van der Waals surface area contributed by atoms with Gasteiger partial charge in [0.15, 0.2) is 0 Å². The first kappa shape index (κ1) is 13.0. The Kier molecular flexibility index (Phi) is 3.42. The number of alkyl halides is 3. The second-order valence-electron chi connectivity index (χ2n) is 3.53. The average Bonchev–Trinajstić information content (AvgIpc) is 2.14. The van der Waals surface area contributed by atoms with Crippen molar-refractivity contribution in [3.8, 4) is 6.07 Å². The second-order valence-corrected chi connectivity index (χ2v) is 3.53. The molecule has 90 valence electrons. The van der Waals surface area contributed by atoms with Crippen LogP contribution in [0.1, 0.15) is 22.3 Å². The van der Waals surface area contributed by atoms with Crippen molar-refractivity contribution < 1.29 is 23.1 Å². The van der Waals surface area contributed by atoms with Crippen molar-refractivity contribution >= 4 is 5.97 Å². The van der Waals surface area contributed by atoms with Crippen LogP contribution in [0.3, 0.4) is 0 Å². The minimum atomic E-state index is -4.66. The zero-order valence-electron chi connectivity index (χ0n) is 8.80. The van der Waals surface area contributed by atoms with Crippen LogP contribution in [0.15, 0.2) is 12.1 Å². The Morgan fingerprint density at radius 2 is 2.06 bits per heavy atom. The van der Waals surface area contributed by atoms with Crippen LogP contribution in [0.25, 0.3) is 0 Å². The van der Waals surface area contributed by atoms with Gasteiger partial charge in [-0.2, -0.15) is 18.4 Å². The molecule has 0 radical (unpaired) electrons. The summed E-state index contributed by atoms with van der Waals surface area (Å²) in [6.45, 7) is 1.42. The van der Waals surface area contributed by atoms with Gasteiger partial charge in [-0.1, -0.05) is 11.6 Å². The number of nitriles is 1. The number of carbonyl (C=O) groups is 1. The van der Waals surface area contributed by atoms with Crippen LogP contribution in [-0.2, 0) is 17.4 Å². The molecule has 0 amide bonds. The standard InChI is InChI=1S/C11H8F3NO2/c1-6-2-7(4-10(16)17)8(5-15)9(3-6)11(12,13)14/h2-3H,4H2,1H3,(H,16,17). The Hall–Kier alpha value is -2.03. The first-order chi connectivity index (χ1) is 7.75. The average molecular weight is 243 g/mol. The van der Waals surface area contributed by atoms with Crippen molar-refractivity contribution in [1.82, 2.24) is 0 Å². The predicted octanol–water partition coefficient (Wildman–Crippen LogP) is 2.51. The third-order valence-electron chi connectivity index (χ3n) is 2.12. The third-order valence-corrected chi connectivity index (χ3v) is 2.12. The molecule has 1 aromatic rings. The fraction of sp³-hybridized carbons (Fsp3) is 0.273. The lowest BCUT2D eigenvalue weighted by atomic mass is 9.96. The quantitative estimate of drug-likeness (QED) is 0.868. The van der Waals surface area contributed by atoms with Crippen LogP contribution in [0, 0.1) is 18.3 Å². The lowest BCUT2D eigenvalue weighted by Crippen LogP contribution is -2.12. The van der Waals surface area contributed by atoms with Gasteiger partial charge < -0.3 is 5.11 Å². The van der Waals surface area contributed by atoms with Crippen LogP contribution in [0.4, 0.5) is 13.2 Å². The zero-order chi connectivity index (χ0) is 13.2. The van der Waals surface area contributed by atoms with E-state index in [1.807, 2.05) is 0 Å². The number of nitrogens with zero attached hydrogens (tertiary/aromatic N) is 1. The van der Waals surface area contributed by atoms with E-state index in [0.717, 1.165) is 6.07 Å². The number of aryl methyl sites for hydroxylation is 1. The van der Waals surface area contributed by atoms with Gasteiger partial charge in [-0.3, -0.25) is 4.79 Å². The number of carboxylic acids is 1. The predicted molar refractivity (Wildman–Crippen MR) is 52.2 cm³/mol. The monoisotopic (exact) mass is 243 g/mol. The number of hydrogen-bond acceptors (Lipinski definition) is 2. The van der Waals surface area contributed by atoms with Gasteiger partial charge in [0.1, 0.15) is 6.07 Å². The van der Waals surface area contributed by atoms with E-state index in [1.54, 1.807) is 0 Å². The Bertz CT molecular complexity index is 501. The van der Waals surface area contributed by atoms with Crippen molar-refractivity contribution in [1.29, 1.82) is 5.26 Å². The van der Waals surface area contributed by atoms with Gasteiger partial charge in [-0.05, 0) is 18.6 Å². The molecule has 0 aromatic heterocycles. The highest BCUT2D eigenvalue weighted by Crippen LogP contribution is 2.34. The molecule has 0 fully saturated rings. The summed E-state index contributed by atoms with van der Waals surface area (Å²) in [6, 6.07) is 3.54. The number of rotatable bonds is 2. The molecule has 0 aliphatic heterocycles. The molecule has 0 aliphatic carbocycles. The SMILES string of the molecule is Cc1cc(CC(=O)O)c(C#N)c(C(F)(F)F)c1. The first-order valence-corrected chi connectivity index (χ1v) is 4.58. The number of benzene rings is 1. The molecule has 0 saturated heterocycles. The van der Waals surface area contributed by atoms with E-state index < -0.39 is 29.7 Å². The molecule has 0 heterocycles. The topological polar surface area (TPSA) is 61.1 Å². The van der Waals surface area contributed by atoms with Crippen molar-refractivity contribution in [3.63, 3.8) is 0 Å². The molecular formula is C11H8F3NO2. The number of aliphatic carboxylic acids is 1. The summed E-state index contributed by atoms with van der Waals surface area (Å²) in [6.07, 6.45) is -5.27. The summed E-state index contributed by atoms with van der Waals surface area (Å²) in [4.78, 5) is 10.5. The molecule has 0 bridgehead atoms. The van der Waals surface area contributed by atoms with Gasteiger partial charge in [0.25, 0.3) is 0 Å². The number of halogens is 3. The molecule has 0 saturated carbocycles. The summed E-state index contributed by atoms with van der Waals surface area (Å²) in [7, 11) is 0. The molecule has 1 rings (SSSR count). The molecule has 17 heavy (non-hydrogen) atoms. The maximum atomic E-state index is 12.6. The van der Waals surface area contributed by atoms with Gasteiger partial charge >= 0.3 is 12.1 Å².